The van der Waals surface area contributed by atoms with Gasteiger partial charge in [-0.1, -0.05) is 0 Å². The predicted octanol–water partition coefficient (Wildman–Crippen LogP) is 3.77. The second kappa shape index (κ2) is 5.19. The van der Waals surface area contributed by atoms with E-state index in [0.29, 0.717) is 45.1 Å². The van der Waals surface area contributed by atoms with Gasteiger partial charge in [0.05, 0.1) is 22.4 Å². The summed E-state index contributed by atoms with van der Waals surface area (Å²) in [5.41, 5.74) is 8.46. The number of anilines is 2. The third-order valence-corrected chi connectivity index (χ3v) is 3.67. The van der Waals surface area contributed by atoms with Crippen molar-refractivity contribution in [2.24, 2.45) is 0 Å². The van der Waals surface area contributed by atoms with Gasteiger partial charge in [-0.2, -0.15) is 0 Å². The van der Waals surface area contributed by atoms with Gasteiger partial charge in [-0.25, -0.2) is 18.7 Å². The fourth-order valence-electron chi connectivity index (χ4n) is 2.69. The Kier molecular flexibility index (Phi) is 3.12. The molecule has 0 aliphatic rings. The highest BCUT2D eigenvalue weighted by atomic mass is 19.1. The van der Waals surface area contributed by atoms with Crippen LogP contribution in [0.3, 0.4) is 0 Å². The van der Waals surface area contributed by atoms with Gasteiger partial charge in [-0.15, -0.1) is 0 Å². The summed E-state index contributed by atoms with van der Waals surface area (Å²) in [7, 11) is 0. The Bertz CT molecular complexity index is 979. The third kappa shape index (κ3) is 2.41. The van der Waals surface area contributed by atoms with E-state index >= 15 is 0 Å². The summed E-state index contributed by atoms with van der Waals surface area (Å²) < 4.78 is 28.1. The molecule has 4 N–H and O–H groups in total. The number of aromatic nitrogens is 4. The minimum absolute atomic E-state index is 0.290. The molecule has 122 valence electrons. The molecule has 4 aromatic rings. The van der Waals surface area contributed by atoms with Gasteiger partial charge in [0.25, 0.3) is 0 Å². The number of halogens is 2. The normalized spacial score (nSPS) is 11.3. The number of nitrogens with zero attached hydrogens (tertiary/aromatic N) is 2. The van der Waals surface area contributed by atoms with Gasteiger partial charge in [0.1, 0.15) is 22.7 Å². The second-order valence-corrected chi connectivity index (χ2v) is 5.60. The molecule has 0 saturated carbocycles. The van der Waals surface area contributed by atoms with Crippen molar-refractivity contribution in [3.8, 4) is 0 Å². The van der Waals surface area contributed by atoms with Gasteiger partial charge in [0.15, 0.2) is 11.6 Å². The largest absolute Gasteiger partial charge is 0.342 e. The number of aryl methyl sites for hydroxylation is 2. The summed E-state index contributed by atoms with van der Waals surface area (Å²) in [5.74, 6) is 0.395. The minimum Gasteiger partial charge on any atom is -0.342 e. The molecule has 2 aromatic heterocycles. The number of hydrogen-bond donors (Lipinski definition) is 4. The van der Waals surface area contributed by atoms with Crippen LogP contribution in [0, 0.1) is 25.5 Å². The molecule has 6 nitrogen and oxygen atoms in total. The third-order valence-electron chi connectivity index (χ3n) is 3.67. The molecule has 8 heteroatoms. The van der Waals surface area contributed by atoms with E-state index in [0.717, 1.165) is 0 Å². The molecule has 0 fully saturated rings. The summed E-state index contributed by atoms with van der Waals surface area (Å²) in [6.45, 7) is 3.52. The van der Waals surface area contributed by atoms with Gasteiger partial charge in [0.2, 0.25) is 0 Å². The number of hydrogen-bond acceptors (Lipinski definition) is 4. The Morgan fingerprint density at radius 2 is 1.17 bits per heavy atom. The summed E-state index contributed by atoms with van der Waals surface area (Å²) in [5, 5.41) is 0. The van der Waals surface area contributed by atoms with Gasteiger partial charge in [0, 0.05) is 12.1 Å². The standard InChI is InChI=1S/C16H14F2N6/c1-7-19-13-5-9(3-11(17)15(13)21-7)23-24-10-4-12(18)16-14(6-10)20-8(2)22-16/h3-6,23-24H,1-2H3,(H,19,21)(H,20,22). The molecule has 4 rings (SSSR count). The Morgan fingerprint density at radius 1 is 0.750 bits per heavy atom. The van der Waals surface area contributed by atoms with Crippen molar-refractivity contribution >= 4 is 33.4 Å². The number of imidazole rings is 2. The zero-order valence-electron chi connectivity index (χ0n) is 13.0. The average Bonchev–Trinajstić information content (AvgIpc) is 3.07. The molecule has 0 aliphatic carbocycles. The van der Waals surface area contributed by atoms with Crippen LogP contribution in [0.5, 0.6) is 0 Å². The maximum absolute atomic E-state index is 14.0. The first-order valence-corrected chi connectivity index (χ1v) is 7.33. The van der Waals surface area contributed by atoms with Crippen LogP contribution in [0.1, 0.15) is 11.6 Å². The van der Waals surface area contributed by atoms with Crippen molar-refractivity contribution in [2.75, 3.05) is 10.9 Å². The Hall–Kier alpha value is -3.16. The number of fused-ring (bicyclic) bond motifs is 2. The number of H-pyrrole nitrogens is 2. The lowest BCUT2D eigenvalue weighted by atomic mass is 10.2. The van der Waals surface area contributed by atoms with E-state index in [2.05, 4.69) is 30.8 Å². The molecule has 2 aromatic carbocycles. The molecule has 0 saturated heterocycles. The lowest BCUT2D eigenvalue weighted by Crippen LogP contribution is -2.09. The van der Waals surface area contributed by atoms with Crippen LogP contribution in [0.25, 0.3) is 22.1 Å². The zero-order chi connectivity index (χ0) is 16.8. The fraction of sp³-hybridized carbons (Fsp3) is 0.125. The molecule has 0 amide bonds. The zero-order valence-corrected chi connectivity index (χ0v) is 13.0. The van der Waals surface area contributed by atoms with E-state index in [1.807, 2.05) is 0 Å². The number of hydrazine groups is 1. The van der Waals surface area contributed by atoms with Crippen LogP contribution in [0.15, 0.2) is 24.3 Å². The van der Waals surface area contributed by atoms with E-state index in [9.17, 15) is 8.78 Å². The maximum atomic E-state index is 14.0. The minimum atomic E-state index is -0.438. The van der Waals surface area contributed by atoms with Crippen molar-refractivity contribution in [1.82, 2.24) is 19.9 Å². The van der Waals surface area contributed by atoms with Crippen molar-refractivity contribution in [3.63, 3.8) is 0 Å². The summed E-state index contributed by atoms with van der Waals surface area (Å²) in [6, 6.07) is 6.09. The first-order valence-electron chi connectivity index (χ1n) is 7.33. The van der Waals surface area contributed by atoms with Gasteiger partial charge in [-0.3, -0.25) is 0 Å². The lowest BCUT2D eigenvalue weighted by Gasteiger charge is -2.10. The average molecular weight is 328 g/mol. The summed E-state index contributed by atoms with van der Waals surface area (Å²) in [4.78, 5) is 14.1. The molecule has 0 atom stereocenters. The molecule has 0 unspecified atom stereocenters. The Balaban J connectivity index is 1.62. The summed E-state index contributed by atoms with van der Waals surface area (Å²) >= 11 is 0. The number of rotatable bonds is 3. The van der Waals surface area contributed by atoms with E-state index in [4.69, 9.17) is 0 Å². The smallest absolute Gasteiger partial charge is 0.153 e. The number of aromatic amines is 2. The van der Waals surface area contributed by atoms with Crippen molar-refractivity contribution in [3.05, 3.63) is 47.5 Å². The summed E-state index contributed by atoms with van der Waals surface area (Å²) in [6.07, 6.45) is 0. The predicted molar refractivity (Wildman–Crippen MR) is 88.8 cm³/mol. The lowest BCUT2D eigenvalue weighted by molar-refractivity contribution is 0.637. The molecule has 2 heterocycles. The van der Waals surface area contributed by atoms with Crippen LogP contribution >= 0.6 is 0 Å². The Labute approximate surface area is 135 Å². The van der Waals surface area contributed by atoms with Gasteiger partial charge >= 0.3 is 0 Å². The first kappa shape index (κ1) is 14.4. The molecular weight excluding hydrogens is 314 g/mol. The molecular formula is C16H14F2N6. The van der Waals surface area contributed by atoms with E-state index < -0.39 is 11.6 Å². The van der Waals surface area contributed by atoms with Crippen LogP contribution < -0.4 is 10.9 Å². The topological polar surface area (TPSA) is 81.4 Å². The maximum Gasteiger partial charge on any atom is 0.153 e. The highest BCUT2D eigenvalue weighted by Gasteiger charge is 2.10. The van der Waals surface area contributed by atoms with Crippen molar-refractivity contribution < 1.29 is 8.78 Å². The quantitative estimate of drug-likeness (QED) is 0.432. The molecule has 24 heavy (non-hydrogen) atoms. The van der Waals surface area contributed by atoms with Crippen LogP contribution in [0.2, 0.25) is 0 Å². The second-order valence-electron chi connectivity index (χ2n) is 5.60. The van der Waals surface area contributed by atoms with E-state index in [-0.39, 0.29) is 0 Å². The van der Waals surface area contributed by atoms with Crippen molar-refractivity contribution in [1.29, 1.82) is 0 Å². The van der Waals surface area contributed by atoms with Crippen LogP contribution in [-0.2, 0) is 0 Å². The highest BCUT2D eigenvalue weighted by molar-refractivity contribution is 5.82. The molecule has 0 radical (unpaired) electrons. The van der Waals surface area contributed by atoms with Gasteiger partial charge < -0.3 is 20.8 Å². The number of nitrogens with one attached hydrogen (secondary N) is 4. The monoisotopic (exact) mass is 328 g/mol. The first-order chi connectivity index (χ1) is 11.5. The highest BCUT2D eigenvalue weighted by Crippen LogP contribution is 2.23. The SMILES string of the molecule is Cc1nc2c(F)cc(NNc3cc(F)c4nc(C)[nH]c4c3)cc2[nH]1. The van der Waals surface area contributed by atoms with Crippen LogP contribution in [0.4, 0.5) is 20.2 Å². The molecule has 0 spiro atoms. The van der Waals surface area contributed by atoms with E-state index in [1.165, 1.54) is 12.1 Å². The number of benzene rings is 2. The van der Waals surface area contributed by atoms with Gasteiger partial charge in [-0.05, 0) is 26.0 Å². The Morgan fingerprint density at radius 3 is 1.58 bits per heavy atom. The molecule has 0 bridgehead atoms. The van der Waals surface area contributed by atoms with Crippen molar-refractivity contribution in [2.45, 2.75) is 13.8 Å². The molecule has 0 aliphatic heterocycles. The van der Waals surface area contributed by atoms with Crippen LogP contribution in [-0.4, -0.2) is 19.9 Å². The fourth-order valence-corrected chi connectivity index (χ4v) is 2.69. The van der Waals surface area contributed by atoms with E-state index in [1.54, 1.807) is 26.0 Å².